The van der Waals surface area contributed by atoms with Crippen LogP contribution in [0.2, 0.25) is 0 Å². The van der Waals surface area contributed by atoms with E-state index in [-0.39, 0.29) is 0 Å². The monoisotopic (exact) mass is 229 g/mol. The first-order valence-corrected chi connectivity index (χ1v) is 6.31. The Morgan fingerprint density at radius 3 is 2.94 bits per heavy atom. The van der Waals surface area contributed by atoms with E-state index in [1.54, 1.807) is 0 Å². The Morgan fingerprint density at radius 1 is 1.56 bits per heavy atom. The van der Waals surface area contributed by atoms with E-state index in [0.717, 1.165) is 38.8 Å². The number of hydrogen-bond acceptors (Lipinski definition) is 3. The van der Waals surface area contributed by atoms with E-state index >= 15 is 0 Å². The lowest BCUT2D eigenvalue weighted by Gasteiger charge is -2.23. The maximum Gasteiger partial charge on any atom is 0.320 e. The minimum absolute atomic E-state index is 0.331. The summed E-state index contributed by atoms with van der Waals surface area (Å²) in [6.07, 6.45) is 6.36. The van der Waals surface area contributed by atoms with Crippen LogP contribution in [0.3, 0.4) is 0 Å². The topological polar surface area (TPSA) is 58.6 Å². The number of ether oxygens (including phenoxy) is 1. The maximum atomic E-state index is 10.9. The molecule has 0 saturated carbocycles. The van der Waals surface area contributed by atoms with Crippen molar-refractivity contribution in [3.63, 3.8) is 0 Å². The highest BCUT2D eigenvalue weighted by atomic mass is 16.5. The summed E-state index contributed by atoms with van der Waals surface area (Å²) in [6.45, 7) is 3.60. The summed E-state index contributed by atoms with van der Waals surface area (Å²) in [5.41, 5.74) is 0. The lowest BCUT2D eigenvalue weighted by molar-refractivity contribution is -0.139. The number of carboxylic acid groups (broad SMARTS) is 1. The fourth-order valence-corrected chi connectivity index (χ4v) is 2.06. The largest absolute Gasteiger partial charge is 0.480 e. The zero-order chi connectivity index (χ0) is 11.8. The number of carboxylic acids is 1. The van der Waals surface area contributed by atoms with Gasteiger partial charge in [0.25, 0.3) is 0 Å². The molecule has 94 valence electrons. The smallest absolute Gasteiger partial charge is 0.320 e. The van der Waals surface area contributed by atoms with Crippen LogP contribution in [0.1, 0.15) is 45.4 Å². The zero-order valence-electron chi connectivity index (χ0n) is 10.1. The molecule has 0 radical (unpaired) electrons. The molecular weight excluding hydrogens is 206 g/mol. The molecule has 2 unspecified atom stereocenters. The van der Waals surface area contributed by atoms with E-state index < -0.39 is 12.0 Å². The highest BCUT2D eigenvalue weighted by Gasteiger charge is 2.17. The van der Waals surface area contributed by atoms with E-state index in [4.69, 9.17) is 9.84 Å². The van der Waals surface area contributed by atoms with Crippen molar-refractivity contribution in [1.82, 2.24) is 5.32 Å². The molecule has 0 spiro atoms. The van der Waals surface area contributed by atoms with Gasteiger partial charge < -0.3 is 15.2 Å². The predicted octanol–water partition coefficient (Wildman–Crippen LogP) is 1.79. The first kappa shape index (κ1) is 13.5. The molecular formula is C12H23NO3. The van der Waals surface area contributed by atoms with Crippen molar-refractivity contribution in [2.24, 2.45) is 0 Å². The van der Waals surface area contributed by atoms with Crippen molar-refractivity contribution in [3.05, 3.63) is 0 Å². The fraction of sp³-hybridized carbons (Fsp3) is 0.917. The maximum absolute atomic E-state index is 10.9. The van der Waals surface area contributed by atoms with E-state index in [9.17, 15) is 4.79 Å². The second-order valence-corrected chi connectivity index (χ2v) is 4.41. The summed E-state index contributed by atoms with van der Waals surface area (Å²) in [4.78, 5) is 10.9. The second kappa shape index (κ2) is 7.63. The molecule has 0 aromatic heterocycles. The van der Waals surface area contributed by atoms with Crippen LogP contribution in [-0.2, 0) is 9.53 Å². The Balaban J connectivity index is 2.13. The molecule has 1 aliphatic rings. The molecule has 0 aliphatic carbocycles. The standard InChI is InChI=1S/C12H23NO3/c1-2-5-11(12(14)15)13-8-7-10-6-3-4-9-16-10/h10-11,13H,2-9H2,1H3,(H,14,15). The van der Waals surface area contributed by atoms with Gasteiger partial charge in [-0.2, -0.15) is 0 Å². The van der Waals surface area contributed by atoms with Crippen LogP contribution in [0, 0.1) is 0 Å². The number of rotatable bonds is 7. The second-order valence-electron chi connectivity index (χ2n) is 4.41. The summed E-state index contributed by atoms with van der Waals surface area (Å²) in [7, 11) is 0. The molecule has 1 saturated heterocycles. The van der Waals surface area contributed by atoms with Gasteiger partial charge in [0.1, 0.15) is 6.04 Å². The van der Waals surface area contributed by atoms with Crippen molar-refractivity contribution < 1.29 is 14.6 Å². The molecule has 16 heavy (non-hydrogen) atoms. The zero-order valence-corrected chi connectivity index (χ0v) is 10.1. The van der Waals surface area contributed by atoms with Gasteiger partial charge in [-0.05, 0) is 38.6 Å². The Kier molecular flexibility index (Phi) is 6.42. The summed E-state index contributed by atoms with van der Waals surface area (Å²) in [6, 6.07) is -0.395. The number of carbonyl (C=O) groups is 1. The average Bonchev–Trinajstić information content (AvgIpc) is 2.29. The molecule has 1 heterocycles. The van der Waals surface area contributed by atoms with Crippen molar-refractivity contribution in [2.75, 3.05) is 13.2 Å². The number of nitrogens with one attached hydrogen (secondary N) is 1. The van der Waals surface area contributed by atoms with Crippen molar-refractivity contribution in [1.29, 1.82) is 0 Å². The van der Waals surface area contributed by atoms with Crippen LogP contribution in [-0.4, -0.2) is 36.4 Å². The summed E-state index contributed by atoms with van der Waals surface area (Å²) < 4.78 is 5.59. The summed E-state index contributed by atoms with van der Waals surface area (Å²) in [5.74, 6) is -0.744. The van der Waals surface area contributed by atoms with E-state index in [0.29, 0.717) is 12.5 Å². The van der Waals surface area contributed by atoms with Crippen LogP contribution in [0.5, 0.6) is 0 Å². The molecule has 4 nitrogen and oxygen atoms in total. The summed E-state index contributed by atoms with van der Waals surface area (Å²) in [5, 5.41) is 12.0. The van der Waals surface area contributed by atoms with Gasteiger partial charge in [-0.15, -0.1) is 0 Å². The van der Waals surface area contributed by atoms with E-state index in [2.05, 4.69) is 5.32 Å². The van der Waals surface area contributed by atoms with Crippen molar-refractivity contribution >= 4 is 5.97 Å². The van der Waals surface area contributed by atoms with Gasteiger partial charge >= 0.3 is 5.97 Å². The van der Waals surface area contributed by atoms with Gasteiger partial charge in [0.05, 0.1) is 6.10 Å². The molecule has 2 N–H and O–H groups in total. The Morgan fingerprint density at radius 2 is 2.38 bits per heavy atom. The normalized spacial score (nSPS) is 22.9. The molecule has 0 amide bonds. The van der Waals surface area contributed by atoms with Gasteiger partial charge in [-0.25, -0.2) is 0 Å². The van der Waals surface area contributed by atoms with E-state index in [1.165, 1.54) is 6.42 Å². The van der Waals surface area contributed by atoms with Gasteiger partial charge in [0, 0.05) is 6.61 Å². The molecule has 2 atom stereocenters. The quantitative estimate of drug-likeness (QED) is 0.698. The van der Waals surface area contributed by atoms with Crippen LogP contribution < -0.4 is 5.32 Å². The van der Waals surface area contributed by atoms with Gasteiger partial charge in [-0.3, -0.25) is 4.79 Å². The van der Waals surface area contributed by atoms with E-state index in [1.807, 2.05) is 6.92 Å². The molecule has 0 aromatic rings. The minimum Gasteiger partial charge on any atom is -0.480 e. The first-order valence-electron chi connectivity index (χ1n) is 6.31. The van der Waals surface area contributed by atoms with Gasteiger partial charge in [0.2, 0.25) is 0 Å². The highest BCUT2D eigenvalue weighted by molar-refractivity contribution is 5.73. The Bertz CT molecular complexity index is 202. The van der Waals surface area contributed by atoms with Gasteiger partial charge in [-0.1, -0.05) is 13.3 Å². The lowest BCUT2D eigenvalue weighted by atomic mass is 10.1. The summed E-state index contributed by atoms with van der Waals surface area (Å²) >= 11 is 0. The lowest BCUT2D eigenvalue weighted by Crippen LogP contribution is -2.38. The van der Waals surface area contributed by atoms with Gasteiger partial charge in [0.15, 0.2) is 0 Å². The van der Waals surface area contributed by atoms with Crippen LogP contribution in [0.25, 0.3) is 0 Å². The average molecular weight is 229 g/mol. The van der Waals surface area contributed by atoms with Crippen molar-refractivity contribution in [3.8, 4) is 0 Å². The molecule has 0 aromatic carbocycles. The fourth-order valence-electron chi connectivity index (χ4n) is 2.06. The van der Waals surface area contributed by atoms with Crippen molar-refractivity contribution in [2.45, 2.75) is 57.6 Å². The number of aliphatic carboxylic acids is 1. The Hall–Kier alpha value is -0.610. The third-order valence-electron chi connectivity index (χ3n) is 3.01. The first-order chi connectivity index (χ1) is 7.74. The molecule has 4 heteroatoms. The predicted molar refractivity (Wildman–Crippen MR) is 62.5 cm³/mol. The minimum atomic E-state index is -0.744. The molecule has 1 fully saturated rings. The third-order valence-corrected chi connectivity index (χ3v) is 3.01. The van der Waals surface area contributed by atoms with Crippen LogP contribution >= 0.6 is 0 Å². The molecule has 1 rings (SSSR count). The third kappa shape index (κ3) is 4.94. The molecule has 0 bridgehead atoms. The SMILES string of the molecule is CCCC(NCCC1CCCCO1)C(=O)O. The highest BCUT2D eigenvalue weighted by Crippen LogP contribution is 2.15. The Labute approximate surface area is 97.4 Å². The van der Waals surface area contributed by atoms with Crippen LogP contribution in [0.15, 0.2) is 0 Å². The number of hydrogen-bond donors (Lipinski definition) is 2. The molecule has 1 aliphatic heterocycles. The van der Waals surface area contributed by atoms with Crippen LogP contribution in [0.4, 0.5) is 0 Å².